The van der Waals surface area contributed by atoms with Gasteiger partial charge >= 0.3 is 0 Å². The van der Waals surface area contributed by atoms with E-state index >= 15 is 0 Å². The summed E-state index contributed by atoms with van der Waals surface area (Å²) in [6.45, 7) is 2.90. The van der Waals surface area contributed by atoms with Gasteiger partial charge in [0.25, 0.3) is 0 Å². The number of hydrogen-bond acceptors (Lipinski definition) is 3. The molecule has 2 heterocycles. The molecule has 1 atom stereocenters. The van der Waals surface area contributed by atoms with Gasteiger partial charge in [-0.3, -0.25) is 4.68 Å². The van der Waals surface area contributed by atoms with E-state index in [1.807, 2.05) is 12.4 Å². The Labute approximate surface area is 126 Å². The van der Waals surface area contributed by atoms with Gasteiger partial charge in [-0.25, -0.2) is 4.98 Å². The van der Waals surface area contributed by atoms with Crippen LogP contribution in [0.1, 0.15) is 56.6 Å². The molecule has 1 aliphatic carbocycles. The summed E-state index contributed by atoms with van der Waals surface area (Å²) in [7, 11) is 0. The maximum Gasteiger partial charge on any atom is 0.110 e. The van der Waals surface area contributed by atoms with Gasteiger partial charge in [0.1, 0.15) is 5.82 Å². The average molecular weight is 287 g/mol. The van der Waals surface area contributed by atoms with Crippen LogP contribution in [0.3, 0.4) is 0 Å². The van der Waals surface area contributed by atoms with Gasteiger partial charge in [0.2, 0.25) is 0 Å². The predicted octanol–water partition coefficient (Wildman–Crippen LogP) is 2.52. The molecule has 1 unspecified atom stereocenters. The zero-order chi connectivity index (χ0) is 14.7. The molecule has 5 nitrogen and oxygen atoms in total. The van der Waals surface area contributed by atoms with E-state index in [2.05, 4.69) is 33.4 Å². The molecule has 2 aromatic heterocycles. The van der Waals surface area contributed by atoms with Crippen LogP contribution in [0.4, 0.5) is 0 Å². The number of nitrogens with two attached hydrogens (primary N) is 1. The zero-order valence-electron chi connectivity index (χ0n) is 12.8. The van der Waals surface area contributed by atoms with Crippen LogP contribution >= 0.6 is 0 Å². The lowest BCUT2D eigenvalue weighted by Gasteiger charge is -2.11. The van der Waals surface area contributed by atoms with Gasteiger partial charge in [-0.2, -0.15) is 5.10 Å². The van der Waals surface area contributed by atoms with Crippen molar-refractivity contribution >= 4 is 0 Å². The van der Waals surface area contributed by atoms with Crippen LogP contribution in [-0.2, 0) is 13.0 Å². The lowest BCUT2D eigenvalue weighted by molar-refractivity contribution is 0.461. The molecule has 114 valence electrons. The first-order valence-corrected chi connectivity index (χ1v) is 8.06. The second-order valence-electron chi connectivity index (χ2n) is 6.07. The average Bonchev–Trinajstić information content (AvgIpc) is 3.20. The first-order valence-electron chi connectivity index (χ1n) is 8.06. The Hall–Kier alpha value is -1.62. The van der Waals surface area contributed by atoms with Crippen molar-refractivity contribution in [2.45, 2.75) is 64.1 Å². The maximum absolute atomic E-state index is 6.04. The number of imidazole rings is 1. The molecule has 5 heteroatoms. The molecule has 0 aromatic carbocycles. The van der Waals surface area contributed by atoms with Gasteiger partial charge < -0.3 is 10.3 Å². The summed E-state index contributed by atoms with van der Waals surface area (Å²) in [4.78, 5) is 4.43. The predicted molar refractivity (Wildman–Crippen MR) is 83.0 cm³/mol. The second kappa shape index (κ2) is 6.43. The highest BCUT2D eigenvalue weighted by Crippen LogP contribution is 2.28. The largest absolute Gasteiger partial charge is 0.329 e. The quantitative estimate of drug-likeness (QED) is 0.888. The van der Waals surface area contributed by atoms with Crippen molar-refractivity contribution in [3.8, 4) is 0 Å². The molecule has 2 aromatic rings. The molecule has 0 aliphatic heterocycles. The number of aromatic nitrogens is 4. The van der Waals surface area contributed by atoms with E-state index < -0.39 is 0 Å². The fourth-order valence-corrected chi connectivity index (χ4v) is 3.06. The molecule has 1 aliphatic rings. The molecule has 2 N–H and O–H groups in total. The van der Waals surface area contributed by atoms with Crippen molar-refractivity contribution in [3.63, 3.8) is 0 Å². The molecular weight excluding hydrogens is 262 g/mol. The van der Waals surface area contributed by atoms with Gasteiger partial charge in [-0.1, -0.05) is 19.8 Å². The van der Waals surface area contributed by atoms with Crippen LogP contribution in [-0.4, -0.2) is 25.4 Å². The highest BCUT2D eigenvalue weighted by molar-refractivity contribution is 5.05. The molecule has 0 amide bonds. The van der Waals surface area contributed by atoms with E-state index in [1.54, 1.807) is 0 Å². The van der Waals surface area contributed by atoms with Crippen molar-refractivity contribution in [3.05, 3.63) is 36.2 Å². The normalized spacial score (nSPS) is 17.4. The summed E-state index contributed by atoms with van der Waals surface area (Å²) < 4.78 is 4.31. The summed E-state index contributed by atoms with van der Waals surface area (Å²) in [6, 6.07) is 2.92. The third-order valence-electron chi connectivity index (χ3n) is 4.47. The Bertz CT molecular complexity index is 565. The molecule has 0 radical (unpaired) electrons. The van der Waals surface area contributed by atoms with E-state index in [9.17, 15) is 0 Å². The number of hydrogen-bond donors (Lipinski definition) is 1. The Morgan fingerprint density at radius 1 is 1.33 bits per heavy atom. The Morgan fingerprint density at radius 2 is 2.14 bits per heavy atom. The van der Waals surface area contributed by atoms with Crippen LogP contribution in [0.2, 0.25) is 0 Å². The molecule has 0 bridgehead atoms. The minimum Gasteiger partial charge on any atom is -0.329 e. The van der Waals surface area contributed by atoms with Gasteiger partial charge in [0.05, 0.1) is 18.3 Å². The van der Waals surface area contributed by atoms with Crippen LogP contribution in [0, 0.1) is 0 Å². The van der Waals surface area contributed by atoms with E-state index in [1.165, 1.54) is 25.7 Å². The van der Waals surface area contributed by atoms with Gasteiger partial charge in [0.15, 0.2) is 0 Å². The van der Waals surface area contributed by atoms with Gasteiger partial charge in [-0.15, -0.1) is 0 Å². The Kier molecular flexibility index (Phi) is 4.39. The van der Waals surface area contributed by atoms with Crippen molar-refractivity contribution < 1.29 is 0 Å². The van der Waals surface area contributed by atoms with Crippen LogP contribution in [0.15, 0.2) is 24.7 Å². The molecule has 21 heavy (non-hydrogen) atoms. The molecule has 3 rings (SSSR count). The lowest BCUT2D eigenvalue weighted by atomic mass is 10.1. The summed E-state index contributed by atoms with van der Waals surface area (Å²) in [6.07, 6.45) is 13.0. The van der Waals surface area contributed by atoms with Crippen LogP contribution in [0.25, 0.3) is 0 Å². The lowest BCUT2D eigenvalue weighted by Crippen LogP contribution is -2.23. The smallest absolute Gasteiger partial charge is 0.110 e. The first-order chi connectivity index (χ1) is 10.3. The summed E-state index contributed by atoms with van der Waals surface area (Å²) in [5, 5.41) is 4.74. The monoisotopic (exact) mass is 287 g/mol. The highest BCUT2D eigenvalue weighted by atomic mass is 15.3. The second-order valence-corrected chi connectivity index (χ2v) is 6.07. The highest BCUT2D eigenvalue weighted by Gasteiger charge is 2.17. The molecular formula is C16H25N5. The van der Waals surface area contributed by atoms with Crippen LogP contribution < -0.4 is 5.73 Å². The van der Waals surface area contributed by atoms with E-state index in [-0.39, 0.29) is 6.04 Å². The molecule has 1 fully saturated rings. The third-order valence-corrected chi connectivity index (χ3v) is 4.47. The van der Waals surface area contributed by atoms with Crippen LogP contribution in [0.5, 0.6) is 0 Å². The Balaban J connectivity index is 1.68. The Morgan fingerprint density at radius 3 is 2.90 bits per heavy atom. The fraction of sp³-hybridized carbons (Fsp3) is 0.625. The minimum atomic E-state index is 0.183. The zero-order valence-corrected chi connectivity index (χ0v) is 12.8. The van der Waals surface area contributed by atoms with Crippen molar-refractivity contribution in [1.29, 1.82) is 0 Å². The van der Waals surface area contributed by atoms with Gasteiger partial charge in [-0.05, 0) is 25.3 Å². The summed E-state index contributed by atoms with van der Waals surface area (Å²) in [5.74, 6) is 1.06. The van der Waals surface area contributed by atoms with Gasteiger partial charge in [0, 0.05) is 31.1 Å². The first kappa shape index (κ1) is 14.3. The molecule has 0 saturated heterocycles. The standard InChI is InChI=1S/C16H25N5/c1-2-13(17)11-16-18-8-10-20(16)12-14-7-9-21(19-14)15-5-3-4-6-15/h7-10,13,15H,2-6,11-12,17H2,1H3. The fourth-order valence-electron chi connectivity index (χ4n) is 3.06. The maximum atomic E-state index is 6.04. The van der Waals surface area contributed by atoms with Crippen molar-refractivity contribution in [1.82, 2.24) is 19.3 Å². The van der Waals surface area contributed by atoms with E-state index in [4.69, 9.17) is 10.8 Å². The summed E-state index contributed by atoms with van der Waals surface area (Å²) in [5.41, 5.74) is 7.14. The SMILES string of the molecule is CCC(N)Cc1nccn1Cc1ccn(C2CCCC2)n1. The van der Waals surface area contributed by atoms with Crippen molar-refractivity contribution in [2.24, 2.45) is 5.73 Å². The molecule has 1 saturated carbocycles. The summed E-state index contributed by atoms with van der Waals surface area (Å²) >= 11 is 0. The number of rotatable bonds is 6. The van der Waals surface area contributed by atoms with E-state index in [0.29, 0.717) is 6.04 Å². The van der Waals surface area contributed by atoms with E-state index in [0.717, 1.165) is 30.9 Å². The minimum absolute atomic E-state index is 0.183. The topological polar surface area (TPSA) is 61.7 Å². The third kappa shape index (κ3) is 3.35. The number of nitrogens with zero attached hydrogens (tertiary/aromatic N) is 4. The van der Waals surface area contributed by atoms with Crippen molar-refractivity contribution in [2.75, 3.05) is 0 Å². The molecule has 0 spiro atoms.